The van der Waals surface area contributed by atoms with Crippen molar-refractivity contribution in [3.05, 3.63) is 60.1 Å². The van der Waals surface area contributed by atoms with Crippen LogP contribution < -0.4 is 5.32 Å². The van der Waals surface area contributed by atoms with E-state index in [1.807, 2.05) is 6.92 Å². The first-order valence-electron chi connectivity index (χ1n) is 10.0. The second kappa shape index (κ2) is 8.95. The first kappa shape index (κ1) is 21.8. The lowest BCUT2D eigenvalue weighted by Gasteiger charge is -2.36. The van der Waals surface area contributed by atoms with E-state index in [1.54, 1.807) is 29.3 Å². The summed E-state index contributed by atoms with van der Waals surface area (Å²) >= 11 is 0. The lowest BCUT2D eigenvalue weighted by molar-refractivity contribution is -0.137. The van der Waals surface area contributed by atoms with E-state index >= 15 is 0 Å². The largest absolute Gasteiger partial charge is 0.416 e. The van der Waals surface area contributed by atoms with Crippen LogP contribution in [0.4, 0.5) is 23.8 Å². The highest BCUT2D eigenvalue weighted by Crippen LogP contribution is 2.32. The number of carbonyl (C=O) groups excluding carboxylic acids is 1. The molecule has 0 bridgehead atoms. The van der Waals surface area contributed by atoms with Gasteiger partial charge in [0, 0.05) is 37.9 Å². The molecule has 8 nitrogen and oxygen atoms in total. The van der Waals surface area contributed by atoms with Gasteiger partial charge in [-0.2, -0.15) is 18.2 Å². The molecular weight excluding hydrogens is 425 g/mol. The van der Waals surface area contributed by atoms with Gasteiger partial charge in [-0.05, 0) is 31.2 Å². The van der Waals surface area contributed by atoms with Crippen molar-refractivity contribution in [3.63, 3.8) is 0 Å². The van der Waals surface area contributed by atoms with Crippen LogP contribution in [0.1, 0.15) is 24.4 Å². The Morgan fingerprint density at radius 1 is 1.12 bits per heavy atom. The molecule has 4 rings (SSSR count). The molecule has 1 atom stereocenters. The zero-order chi connectivity index (χ0) is 22.7. The summed E-state index contributed by atoms with van der Waals surface area (Å²) in [7, 11) is 0. The van der Waals surface area contributed by atoms with Gasteiger partial charge in [-0.3, -0.25) is 10.2 Å². The molecule has 0 aliphatic carbocycles. The summed E-state index contributed by atoms with van der Waals surface area (Å²) in [6.45, 7) is 4.04. The molecule has 1 unspecified atom stereocenters. The van der Waals surface area contributed by atoms with Crippen molar-refractivity contribution in [1.82, 2.24) is 24.9 Å². The molecule has 3 aromatic rings. The van der Waals surface area contributed by atoms with Crippen LogP contribution in [0.15, 0.2) is 53.2 Å². The number of piperazine rings is 1. The SMILES string of the molecule is CC(c1nc(-c2cccc(C(F)(F)F)c2)no1)N1CCN(C(=O)Nc2ccccn2)CC1. The minimum atomic E-state index is -4.45. The Balaban J connectivity index is 1.37. The third-order valence-corrected chi connectivity index (χ3v) is 5.30. The maximum absolute atomic E-state index is 13.0. The van der Waals surface area contributed by atoms with Crippen LogP contribution in [0, 0.1) is 0 Å². The van der Waals surface area contributed by atoms with Crippen molar-refractivity contribution in [2.24, 2.45) is 0 Å². The summed E-state index contributed by atoms with van der Waals surface area (Å²) in [6.07, 6.45) is -2.84. The van der Waals surface area contributed by atoms with Gasteiger partial charge in [0.2, 0.25) is 11.7 Å². The van der Waals surface area contributed by atoms with Crippen LogP contribution in [-0.2, 0) is 6.18 Å². The van der Waals surface area contributed by atoms with Crippen molar-refractivity contribution in [2.45, 2.75) is 19.1 Å². The minimum Gasteiger partial charge on any atom is -0.337 e. The predicted molar refractivity (Wildman–Crippen MR) is 110 cm³/mol. The normalized spacial score (nSPS) is 16.1. The molecule has 2 amide bonds. The molecule has 1 aromatic carbocycles. The van der Waals surface area contributed by atoms with Crippen molar-refractivity contribution >= 4 is 11.8 Å². The van der Waals surface area contributed by atoms with E-state index in [4.69, 9.17) is 4.52 Å². The highest BCUT2D eigenvalue weighted by molar-refractivity contribution is 5.88. The van der Waals surface area contributed by atoms with Gasteiger partial charge in [0.15, 0.2) is 0 Å². The van der Waals surface area contributed by atoms with Crippen molar-refractivity contribution in [1.29, 1.82) is 0 Å². The van der Waals surface area contributed by atoms with Gasteiger partial charge < -0.3 is 9.42 Å². The maximum atomic E-state index is 13.0. The molecule has 1 fully saturated rings. The summed E-state index contributed by atoms with van der Waals surface area (Å²) in [5.74, 6) is 0.899. The number of urea groups is 1. The van der Waals surface area contributed by atoms with Gasteiger partial charge in [-0.15, -0.1) is 0 Å². The second-order valence-electron chi connectivity index (χ2n) is 7.38. The fourth-order valence-corrected chi connectivity index (χ4v) is 3.45. The van der Waals surface area contributed by atoms with Gasteiger partial charge in [0.1, 0.15) is 5.82 Å². The van der Waals surface area contributed by atoms with E-state index in [0.717, 1.165) is 12.1 Å². The molecular formula is C21H21F3N6O2. The maximum Gasteiger partial charge on any atom is 0.416 e. The van der Waals surface area contributed by atoms with Crippen LogP contribution in [0.2, 0.25) is 0 Å². The molecule has 32 heavy (non-hydrogen) atoms. The summed E-state index contributed by atoms with van der Waals surface area (Å²) in [6, 6.07) is 9.62. The number of rotatable bonds is 4. The third kappa shape index (κ3) is 4.88. The average molecular weight is 446 g/mol. The van der Waals surface area contributed by atoms with E-state index in [9.17, 15) is 18.0 Å². The molecule has 1 aliphatic heterocycles. The van der Waals surface area contributed by atoms with Gasteiger partial charge >= 0.3 is 12.2 Å². The van der Waals surface area contributed by atoms with Crippen molar-refractivity contribution in [3.8, 4) is 11.4 Å². The summed E-state index contributed by atoms with van der Waals surface area (Å²) in [5, 5.41) is 6.61. The van der Waals surface area contributed by atoms with Crippen molar-refractivity contribution in [2.75, 3.05) is 31.5 Å². The zero-order valence-corrected chi connectivity index (χ0v) is 17.2. The van der Waals surface area contributed by atoms with E-state index < -0.39 is 11.7 Å². The third-order valence-electron chi connectivity index (χ3n) is 5.30. The summed E-state index contributed by atoms with van der Waals surface area (Å²) in [5.41, 5.74) is -0.535. The highest BCUT2D eigenvalue weighted by atomic mass is 19.4. The molecule has 2 aromatic heterocycles. The van der Waals surface area contributed by atoms with Gasteiger partial charge in [-0.1, -0.05) is 23.4 Å². The van der Waals surface area contributed by atoms with Gasteiger partial charge in [0.25, 0.3) is 0 Å². The number of amides is 2. The molecule has 1 saturated heterocycles. The van der Waals surface area contributed by atoms with Gasteiger partial charge in [0.05, 0.1) is 11.6 Å². The molecule has 3 heterocycles. The Morgan fingerprint density at radius 3 is 2.59 bits per heavy atom. The number of hydrogen-bond acceptors (Lipinski definition) is 6. The number of hydrogen-bond donors (Lipinski definition) is 1. The fraction of sp³-hybridized carbons (Fsp3) is 0.333. The standard InChI is InChI=1S/C21H21F3N6O2/c1-14(19-27-18(28-32-19)15-5-4-6-16(13-15)21(22,23)24)29-9-11-30(12-10-29)20(31)26-17-7-2-3-8-25-17/h2-8,13-14H,9-12H2,1H3,(H,25,26,31). The number of alkyl halides is 3. The smallest absolute Gasteiger partial charge is 0.337 e. The molecule has 11 heteroatoms. The van der Waals surface area contributed by atoms with E-state index in [2.05, 4.69) is 25.3 Å². The Hall–Kier alpha value is -3.47. The molecule has 0 saturated carbocycles. The lowest BCUT2D eigenvalue weighted by atomic mass is 10.1. The number of anilines is 1. The van der Waals surface area contributed by atoms with E-state index in [-0.39, 0.29) is 23.5 Å². The molecule has 1 N–H and O–H groups in total. The first-order valence-corrected chi connectivity index (χ1v) is 10.0. The monoisotopic (exact) mass is 446 g/mol. The number of nitrogens with zero attached hydrogens (tertiary/aromatic N) is 5. The first-order chi connectivity index (χ1) is 15.3. The predicted octanol–water partition coefficient (Wildman–Crippen LogP) is 4.06. The Labute approximate surface area is 182 Å². The Bertz CT molecular complexity index is 1060. The van der Waals surface area contributed by atoms with Crippen LogP contribution in [0.25, 0.3) is 11.4 Å². The topological polar surface area (TPSA) is 87.4 Å². The number of aromatic nitrogens is 3. The number of halogens is 3. The number of nitrogens with one attached hydrogen (secondary N) is 1. The Kier molecular flexibility index (Phi) is 6.08. The lowest BCUT2D eigenvalue weighted by Crippen LogP contribution is -2.50. The summed E-state index contributed by atoms with van der Waals surface area (Å²) in [4.78, 5) is 24.6. The van der Waals surface area contributed by atoms with Crippen LogP contribution in [0.3, 0.4) is 0 Å². The quantitative estimate of drug-likeness (QED) is 0.650. The molecule has 1 aliphatic rings. The van der Waals surface area contributed by atoms with E-state index in [1.165, 1.54) is 12.1 Å². The molecule has 0 radical (unpaired) electrons. The van der Waals surface area contributed by atoms with Gasteiger partial charge in [-0.25, -0.2) is 9.78 Å². The fourth-order valence-electron chi connectivity index (χ4n) is 3.45. The number of carbonyl (C=O) groups is 1. The van der Waals surface area contributed by atoms with E-state index in [0.29, 0.717) is 37.9 Å². The van der Waals surface area contributed by atoms with Crippen molar-refractivity contribution < 1.29 is 22.5 Å². The average Bonchev–Trinajstić information content (AvgIpc) is 3.29. The van der Waals surface area contributed by atoms with Crippen LogP contribution >= 0.6 is 0 Å². The highest BCUT2D eigenvalue weighted by Gasteiger charge is 2.31. The Morgan fingerprint density at radius 2 is 1.91 bits per heavy atom. The van der Waals surface area contributed by atoms with Crippen LogP contribution in [0.5, 0.6) is 0 Å². The van der Waals surface area contributed by atoms with Crippen LogP contribution in [-0.4, -0.2) is 57.1 Å². The molecule has 0 spiro atoms. The number of pyridine rings is 1. The second-order valence-corrected chi connectivity index (χ2v) is 7.38. The number of benzene rings is 1. The zero-order valence-electron chi connectivity index (χ0n) is 17.2. The minimum absolute atomic E-state index is 0.103. The molecule has 168 valence electrons. The summed E-state index contributed by atoms with van der Waals surface area (Å²) < 4.78 is 44.2.